The van der Waals surface area contributed by atoms with Crippen molar-refractivity contribution in [2.24, 2.45) is 0 Å². The minimum atomic E-state index is 0.879. The highest BCUT2D eigenvalue weighted by atomic mass is 15.1. The van der Waals surface area contributed by atoms with Gasteiger partial charge < -0.3 is 4.90 Å². The van der Waals surface area contributed by atoms with Crippen molar-refractivity contribution in [3.8, 4) is 0 Å². The van der Waals surface area contributed by atoms with Crippen molar-refractivity contribution >= 4 is 5.69 Å². The van der Waals surface area contributed by atoms with Crippen molar-refractivity contribution in [2.45, 2.75) is 38.5 Å². The van der Waals surface area contributed by atoms with Crippen LogP contribution in [0.25, 0.3) is 0 Å². The molecule has 1 atom stereocenters. The molecule has 0 bridgehead atoms. The van der Waals surface area contributed by atoms with Gasteiger partial charge in [0, 0.05) is 18.8 Å². The van der Waals surface area contributed by atoms with Crippen LogP contribution in [0.2, 0.25) is 0 Å². The highest BCUT2D eigenvalue weighted by molar-refractivity contribution is 5.61. The number of aryl methyl sites for hydroxylation is 1. The maximum Gasteiger partial charge on any atom is 0.0404 e. The van der Waals surface area contributed by atoms with Gasteiger partial charge in [0.1, 0.15) is 0 Å². The van der Waals surface area contributed by atoms with Crippen LogP contribution in [0.15, 0.2) is 18.2 Å². The molecule has 0 saturated heterocycles. The van der Waals surface area contributed by atoms with E-state index in [4.69, 9.17) is 0 Å². The molecular formula is C14H19N. The van der Waals surface area contributed by atoms with Gasteiger partial charge in [-0.1, -0.05) is 19.1 Å². The van der Waals surface area contributed by atoms with Gasteiger partial charge in [-0.15, -0.1) is 0 Å². The quantitative estimate of drug-likeness (QED) is 0.709. The summed E-state index contributed by atoms with van der Waals surface area (Å²) in [5.41, 5.74) is 4.86. The number of hydrogen-bond donors (Lipinski definition) is 0. The molecule has 0 unspecified atom stereocenters. The van der Waals surface area contributed by atoms with Crippen LogP contribution in [-0.4, -0.2) is 13.1 Å². The van der Waals surface area contributed by atoms with E-state index in [0.717, 1.165) is 5.92 Å². The van der Waals surface area contributed by atoms with E-state index >= 15 is 0 Å². The predicted molar refractivity (Wildman–Crippen MR) is 64.6 cm³/mol. The summed E-state index contributed by atoms with van der Waals surface area (Å²) < 4.78 is 0. The van der Waals surface area contributed by atoms with Crippen LogP contribution in [-0.2, 0) is 6.42 Å². The number of benzene rings is 1. The van der Waals surface area contributed by atoms with Crippen LogP contribution in [0.1, 0.15) is 43.2 Å². The zero-order valence-electron chi connectivity index (χ0n) is 9.50. The minimum Gasteiger partial charge on any atom is -0.371 e. The summed E-state index contributed by atoms with van der Waals surface area (Å²) >= 11 is 0. The lowest BCUT2D eigenvalue weighted by atomic mass is 9.91. The molecule has 1 nitrogen and oxygen atoms in total. The molecule has 1 aliphatic heterocycles. The number of rotatable bonds is 2. The van der Waals surface area contributed by atoms with E-state index in [1.165, 1.54) is 38.8 Å². The molecule has 1 aromatic rings. The Bertz CT molecular complexity index is 370. The topological polar surface area (TPSA) is 3.24 Å². The van der Waals surface area contributed by atoms with Gasteiger partial charge in [-0.3, -0.25) is 0 Å². The normalized spacial score (nSPS) is 23.0. The Balaban J connectivity index is 2.04. The molecule has 0 fully saturated rings. The third kappa shape index (κ3) is 1.37. The highest BCUT2D eigenvalue weighted by Gasteiger charge is 2.30. The van der Waals surface area contributed by atoms with Crippen LogP contribution < -0.4 is 4.90 Å². The first-order valence-corrected chi connectivity index (χ1v) is 6.27. The van der Waals surface area contributed by atoms with Gasteiger partial charge in [-0.25, -0.2) is 0 Å². The molecule has 3 rings (SSSR count). The average molecular weight is 201 g/mol. The Kier molecular flexibility index (Phi) is 2.19. The molecule has 15 heavy (non-hydrogen) atoms. The molecule has 2 aliphatic rings. The Morgan fingerprint density at radius 1 is 1.33 bits per heavy atom. The van der Waals surface area contributed by atoms with E-state index in [9.17, 15) is 0 Å². The maximum absolute atomic E-state index is 2.58. The summed E-state index contributed by atoms with van der Waals surface area (Å²) in [5, 5.41) is 0. The summed E-state index contributed by atoms with van der Waals surface area (Å²) in [7, 11) is 0. The fourth-order valence-corrected chi connectivity index (χ4v) is 3.26. The smallest absolute Gasteiger partial charge is 0.0404 e. The lowest BCUT2D eigenvalue weighted by Crippen LogP contribution is -2.31. The molecule has 1 aromatic carbocycles. The maximum atomic E-state index is 2.58. The Labute approximate surface area is 92.1 Å². The summed E-state index contributed by atoms with van der Waals surface area (Å²) in [4.78, 5) is 2.58. The molecule has 80 valence electrons. The third-order valence-corrected chi connectivity index (χ3v) is 3.93. The molecule has 0 spiro atoms. The largest absolute Gasteiger partial charge is 0.371 e. The van der Waals surface area contributed by atoms with Crippen molar-refractivity contribution in [2.75, 3.05) is 18.0 Å². The van der Waals surface area contributed by atoms with Crippen molar-refractivity contribution in [1.29, 1.82) is 0 Å². The molecule has 0 N–H and O–H groups in total. The van der Waals surface area contributed by atoms with E-state index in [0.29, 0.717) is 0 Å². The Morgan fingerprint density at radius 2 is 2.27 bits per heavy atom. The fraction of sp³-hybridized carbons (Fsp3) is 0.571. The van der Waals surface area contributed by atoms with Crippen LogP contribution in [0.3, 0.4) is 0 Å². The van der Waals surface area contributed by atoms with E-state index in [2.05, 4.69) is 30.0 Å². The average Bonchev–Trinajstić information content (AvgIpc) is 2.68. The van der Waals surface area contributed by atoms with Crippen molar-refractivity contribution in [1.82, 2.24) is 0 Å². The zero-order valence-corrected chi connectivity index (χ0v) is 9.50. The fourth-order valence-electron chi connectivity index (χ4n) is 3.26. The minimum absolute atomic E-state index is 0.879. The first-order valence-electron chi connectivity index (χ1n) is 6.27. The van der Waals surface area contributed by atoms with Crippen LogP contribution in [0, 0.1) is 0 Å². The van der Waals surface area contributed by atoms with E-state index in [-0.39, 0.29) is 0 Å². The SMILES string of the molecule is CCCN1CC[C@H]2CCc3cccc1c32. The second kappa shape index (κ2) is 3.55. The molecule has 1 heterocycles. The summed E-state index contributed by atoms with van der Waals surface area (Å²) in [6.45, 7) is 4.77. The van der Waals surface area contributed by atoms with E-state index in [1.54, 1.807) is 16.8 Å². The standard InChI is InChI=1S/C14H19N/c1-2-9-15-10-8-12-7-6-11-4-3-5-13(15)14(11)12/h3-5,12H,2,6-10H2,1H3/t12-/m1/s1. The summed E-state index contributed by atoms with van der Waals surface area (Å²) in [6, 6.07) is 6.89. The summed E-state index contributed by atoms with van der Waals surface area (Å²) in [6.07, 6.45) is 5.35. The monoisotopic (exact) mass is 201 g/mol. The Hall–Kier alpha value is -0.980. The van der Waals surface area contributed by atoms with Crippen molar-refractivity contribution < 1.29 is 0 Å². The molecule has 0 saturated carbocycles. The second-order valence-electron chi connectivity index (χ2n) is 4.86. The first kappa shape index (κ1) is 9.26. The van der Waals surface area contributed by atoms with E-state index < -0.39 is 0 Å². The summed E-state index contributed by atoms with van der Waals surface area (Å²) in [5.74, 6) is 0.879. The number of hydrogen-bond acceptors (Lipinski definition) is 1. The van der Waals surface area contributed by atoms with Gasteiger partial charge in [0.25, 0.3) is 0 Å². The predicted octanol–water partition coefficient (Wildman–Crippen LogP) is 3.34. The highest BCUT2D eigenvalue weighted by Crippen LogP contribution is 2.44. The van der Waals surface area contributed by atoms with Gasteiger partial charge in [-0.2, -0.15) is 0 Å². The van der Waals surface area contributed by atoms with Gasteiger partial charge in [0.05, 0.1) is 0 Å². The lowest BCUT2D eigenvalue weighted by Gasteiger charge is -2.34. The zero-order chi connectivity index (χ0) is 10.3. The van der Waals surface area contributed by atoms with Crippen LogP contribution >= 0.6 is 0 Å². The molecule has 1 heteroatoms. The van der Waals surface area contributed by atoms with Crippen molar-refractivity contribution in [3.63, 3.8) is 0 Å². The first-order chi connectivity index (χ1) is 7.40. The van der Waals surface area contributed by atoms with Crippen molar-refractivity contribution in [3.05, 3.63) is 29.3 Å². The Morgan fingerprint density at radius 3 is 3.13 bits per heavy atom. The number of anilines is 1. The lowest BCUT2D eigenvalue weighted by molar-refractivity contribution is 0.572. The molecule has 0 radical (unpaired) electrons. The van der Waals surface area contributed by atoms with Gasteiger partial charge >= 0.3 is 0 Å². The van der Waals surface area contributed by atoms with E-state index in [1.807, 2.05) is 0 Å². The van der Waals surface area contributed by atoms with Gasteiger partial charge in [0.2, 0.25) is 0 Å². The molecule has 1 aliphatic carbocycles. The van der Waals surface area contributed by atoms with Gasteiger partial charge in [0.15, 0.2) is 0 Å². The molecule has 0 amide bonds. The third-order valence-electron chi connectivity index (χ3n) is 3.93. The van der Waals surface area contributed by atoms with Crippen LogP contribution in [0.4, 0.5) is 5.69 Å². The van der Waals surface area contributed by atoms with Gasteiger partial charge in [-0.05, 0) is 48.8 Å². The number of nitrogens with zero attached hydrogens (tertiary/aromatic N) is 1. The molecular weight excluding hydrogens is 182 g/mol. The van der Waals surface area contributed by atoms with Crippen LogP contribution in [0.5, 0.6) is 0 Å². The molecule has 0 aromatic heterocycles. The second-order valence-corrected chi connectivity index (χ2v) is 4.86.